The Kier molecular flexibility index (Phi) is 9.85. The number of halogens is 3. The highest BCUT2D eigenvalue weighted by atomic mass is 19.4. The predicted molar refractivity (Wildman–Crippen MR) is 109 cm³/mol. The molecule has 32 heavy (non-hydrogen) atoms. The molecule has 8 nitrogen and oxygen atoms in total. The Morgan fingerprint density at radius 2 is 2.06 bits per heavy atom. The van der Waals surface area contributed by atoms with Crippen molar-refractivity contribution < 1.29 is 37.3 Å². The first-order chi connectivity index (χ1) is 15.1. The molecule has 3 heterocycles. The van der Waals surface area contributed by atoms with E-state index in [-0.39, 0.29) is 23.8 Å². The number of ether oxygens (including phenoxy) is 2. The molecule has 2 saturated heterocycles. The van der Waals surface area contributed by atoms with Gasteiger partial charge in [-0.2, -0.15) is 13.2 Å². The van der Waals surface area contributed by atoms with Crippen molar-refractivity contribution in [3.63, 3.8) is 0 Å². The fourth-order valence-electron chi connectivity index (χ4n) is 4.01. The van der Waals surface area contributed by atoms with E-state index in [9.17, 15) is 18.0 Å². The minimum absolute atomic E-state index is 0.0396. The molecule has 0 spiro atoms. The van der Waals surface area contributed by atoms with Crippen LogP contribution in [-0.4, -0.2) is 91.1 Å². The second-order valence-corrected chi connectivity index (χ2v) is 7.87. The lowest BCUT2D eigenvalue weighted by Crippen LogP contribution is -2.53. The number of rotatable bonds is 6. The molecule has 2 fully saturated rings. The number of hydrogen-bond acceptors (Lipinski definition) is 6. The third-order valence-corrected chi connectivity index (χ3v) is 5.63. The molecule has 1 N–H and O–H groups in total. The van der Waals surface area contributed by atoms with Gasteiger partial charge in [-0.3, -0.25) is 9.78 Å². The molecule has 1 aromatic rings. The minimum Gasteiger partial charge on any atom is -0.475 e. The first-order valence-corrected chi connectivity index (χ1v) is 10.4. The molecular weight excluding hydrogens is 431 g/mol. The highest BCUT2D eigenvalue weighted by Gasteiger charge is 2.42. The molecule has 0 saturated carbocycles. The number of aliphatic carboxylic acids is 1. The number of nitrogens with zero attached hydrogens (tertiary/aromatic N) is 3. The summed E-state index contributed by atoms with van der Waals surface area (Å²) in [6.45, 7) is 4.84. The predicted octanol–water partition coefficient (Wildman–Crippen LogP) is 2.05. The summed E-state index contributed by atoms with van der Waals surface area (Å²) in [6.07, 6.45) is -1.29. The second-order valence-electron chi connectivity index (χ2n) is 7.87. The normalized spacial score (nSPS) is 23.5. The summed E-state index contributed by atoms with van der Waals surface area (Å²) in [7, 11) is 3.61. The summed E-state index contributed by atoms with van der Waals surface area (Å²) in [4.78, 5) is 30.5. The molecule has 0 bridgehead atoms. The maximum atomic E-state index is 13.1. The molecule has 11 heteroatoms. The van der Waals surface area contributed by atoms with Gasteiger partial charge >= 0.3 is 12.1 Å². The maximum absolute atomic E-state index is 13.1. The molecule has 1 aromatic heterocycles. The van der Waals surface area contributed by atoms with Crippen molar-refractivity contribution in [2.75, 3.05) is 47.0 Å². The number of alkyl halides is 3. The van der Waals surface area contributed by atoms with E-state index in [0.29, 0.717) is 13.2 Å². The molecule has 0 radical (unpaired) electrons. The first-order valence-electron chi connectivity index (χ1n) is 10.4. The smallest absolute Gasteiger partial charge is 0.475 e. The van der Waals surface area contributed by atoms with E-state index < -0.39 is 12.1 Å². The molecule has 2 aliphatic heterocycles. The van der Waals surface area contributed by atoms with Gasteiger partial charge in [0.05, 0.1) is 24.9 Å². The zero-order valence-corrected chi connectivity index (χ0v) is 18.3. The molecule has 2 aliphatic rings. The molecule has 3 rings (SSSR count). The summed E-state index contributed by atoms with van der Waals surface area (Å²) < 4.78 is 42.9. The number of piperidine rings is 1. The van der Waals surface area contributed by atoms with Gasteiger partial charge in [-0.15, -0.1) is 0 Å². The number of carbonyl (C=O) groups excluding carboxylic acids is 1. The fraction of sp³-hybridized carbons (Fsp3) is 0.667. The van der Waals surface area contributed by atoms with E-state index in [1.807, 2.05) is 30.1 Å². The lowest BCUT2D eigenvalue weighted by molar-refractivity contribution is -0.192. The van der Waals surface area contributed by atoms with Gasteiger partial charge in [-0.25, -0.2) is 4.79 Å². The fourth-order valence-corrected chi connectivity index (χ4v) is 4.01. The van der Waals surface area contributed by atoms with Crippen LogP contribution < -0.4 is 0 Å². The van der Waals surface area contributed by atoms with E-state index in [1.54, 1.807) is 13.3 Å². The van der Waals surface area contributed by atoms with Crippen LogP contribution in [-0.2, 0) is 25.6 Å². The number of carboxylic acids is 1. The Labute approximate surface area is 185 Å². The largest absolute Gasteiger partial charge is 0.490 e. The van der Waals surface area contributed by atoms with Gasteiger partial charge in [-0.05, 0) is 25.0 Å². The standard InChI is InChI=1S/C19H29N3O3.C2HF3O2/c1-21(13-15-5-3-4-8-20-15)19(23)16-7-11-25-18-6-9-22(10-12-24-2)14-17(16)18;3-2(4,5)1(6)7/h3-5,8,16-18H,6-7,9-14H2,1-2H3;(H,6,7)/t16-,17-,18-;/m1./s1. The van der Waals surface area contributed by atoms with Crippen LogP contribution in [0.4, 0.5) is 13.2 Å². The zero-order chi connectivity index (χ0) is 23.7. The third-order valence-electron chi connectivity index (χ3n) is 5.63. The van der Waals surface area contributed by atoms with E-state index in [1.165, 1.54) is 0 Å². The van der Waals surface area contributed by atoms with Gasteiger partial charge < -0.3 is 24.4 Å². The quantitative estimate of drug-likeness (QED) is 0.693. The summed E-state index contributed by atoms with van der Waals surface area (Å²) in [5.74, 6) is -2.22. The van der Waals surface area contributed by atoms with E-state index >= 15 is 0 Å². The molecule has 3 atom stereocenters. The number of carbonyl (C=O) groups is 2. The average Bonchev–Trinajstić information content (AvgIpc) is 2.77. The summed E-state index contributed by atoms with van der Waals surface area (Å²) >= 11 is 0. The SMILES string of the molecule is COCCN1CC[C@H]2OCC[C@@H](C(=O)N(C)Cc3ccccn3)[C@H]2C1.O=C(O)C(F)(F)F. The van der Waals surface area contributed by atoms with Crippen molar-refractivity contribution in [1.29, 1.82) is 0 Å². The van der Waals surface area contributed by atoms with E-state index in [0.717, 1.165) is 44.8 Å². The lowest BCUT2D eigenvalue weighted by atomic mass is 9.78. The molecule has 0 aromatic carbocycles. The summed E-state index contributed by atoms with van der Waals surface area (Å²) in [5.41, 5.74) is 0.923. The van der Waals surface area contributed by atoms with E-state index in [2.05, 4.69) is 9.88 Å². The van der Waals surface area contributed by atoms with Gasteiger partial charge in [0.2, 0.25) is 5.91 Å². The second kappa shape index (κ2) is 12.1. The average molecular weight is 461 g/mol. The Morgan fingerprint density at radius 1 is 1.34 bits per heavy atom. The number of pyridine rings is 1. The first kappa shape index (κ1) is 26.0. The molecule has 0 unspecified atom stereocenters. The topological polar surface area (TPSA) is 92.2 Å². The Bertz CT molecular complexity index is 735. The van der Waals surface area contributed by atoms with Crippen molar-refractivity contribution in [2.45, 2.75) is 31.7 Å². The van der Waals surface area contributed by atoms with Crippen molar-refractivity contribution in [2.24, 2.45) is 11.8 Å². The number of likely N-dealkylation sites (tertiary alicyclic amines) is 1. The number of aromatic nitrogens is 1. The van der Waals surface area contributed by atoms with Crippen LogP contribution in [0, 0.1) is 11.8 Å². The Balaban J connectivity index is 0.000000451. The molecular formula is C21H30F3N3O5. The Morgan fingerprint density at radius 3 is 2.66 bits per heavy atom. The minimum atomic E-state index is -5.08. The van der Waals surface area contributed by atoms with Gasteiger partial charge in [0, 0.05) is 58.4 Å². The van der Waals surface area contributed by atoms with Crippen LogP contribution in [0.5, 0.6) is 0 Å². The number of carboxylic acid groups (broad SMARTS) is 1. The van der Waals surface area contributed by atoms with Gasteiger partial charge in [0.25, 0.3) is 0 Å². The third kappa shape index (κ3) is 7.72. The maximum Gasteiger partial charge on any atom is 0.490 e. The highest BCUT2D eigenvalue weighted by molar-refractivity contribution is 5.79. The number of fused-ring (bicyclic) bond motifs is 1. The summed E-state index contributed by atoms with van der Waals surface area (Å²) in [5, 5.41) is 7.12. The van der Waals surface area contributed by atoms with Gasteiger partial charge in [0.15, 0.2) is 0 Å². The Hall–Kier alpha value is -2.24. The van der Waals surface area contributed by atoms with Gasteiger partial charge in [0.1, 0.15) is 0 Å². The number of amides is 1. The van der Waals surface area contributed by atoms with Crippen molar-refractivity contribution in [3.8, 4) is 0 Å². The molecule has 1 amide bonds. The van der Waals surface area contributed by atoms with Crippen molar-refractivity contribution in [1.82, 2.24) is 14.8 Å². The van der Waals surface area contributed by atoms with Crippen LogP contribution >= 0.6 is 0 Å². The lowest BCUT2D eigenvalue weighted by Gasteiger charge is -2.45. The van der Waals surface area contributed by atoms with Crippen LogP contribution in [0.1, 0.15) is 18.5 Å². The monoisotopic (exact) mass is 461 g/mol. The van der Waals surface area contributed by atoms with Crippen LogP contribution in [0.2, 0.25) is 0 Å². The van der Waals surface area contributed by atoms with Gasteiger partial charge in [-0.1, -0.05) is 6.07 Å². The highest BCUT2D eigenvalue weighted by Crippen LogP contribution is 2.34. The molecule has 0 aliphatic carbocycles. The van der Waals surface area contributed by atoms with Crippen molar-refractivity contribution >= 4 is 11.9 Å². The summed E-state index contributed by atoms with van der Waals surface area (Å²) in [6, 6.07) is 5.81. The number of hydrogen-bond donors (Lipinski definition) is 1. The van der Waals surface area contributed by atoms with Crippen molar-refractivity contribution in [3.05, 3.63) is 30.1 Å². The molecule has 180 valence electrons. The number of methoxy groups -OCH3 is 1. The van der Waals surface area contributed by atoms with E-state index in [4.69, 9.17) is 19.4 Å². The zero-order valence-electron chi connectivity index (χ0n) is 18.3. The van der Waals surface area contributed by atoms with Crippen LogP contribution in [0.3, 0.4) is 0 Å². The van der Waals surface area contributed by atoms with Crippen LogP contribution in [0.25, 0.3) is 0 Å². The van der Waals surface area contributed by atoms with Crippen LogP contribution in [0.15, 0.2) is 24.4 Å².